The molecule has 0 aliphatic carbocycles. The Morgan fingerprint density at radius 3 is 1.96 bits per heavy atom. The molecule has 11 rings (SSSR count). The lowest BCUT2D eigenvalue weighted by Gasteiger charge is -2.24. The second kappa shape index (κ2) is 13.1. The highest BCUT2D eigenvalue weighted by Gasteiger charge is 2.22. The van der Waals surface area contributed by atoms with Gasteiger partial charge in [0.1, 0.15) is 23.2 Å². The summed E-state index contributed by atoms with van der Waals surface area (Å²) in [6.07, 6.45) is -0.325. The van der Waals surface area contributed by atoms with Crippen LogP contribution in [-0.2, 0) is 0 Å². The molecule has 1 N–H and O–H groups in total. The minimum atomic E-state index is -0.325. The predicted octanol–water partition coefficient (Wildman–Crippen LogP) is 12.5. The van der Waals surface area contributed by atoms with Crippen LogP contribution in [0.2, 0.25) is 0 Å². The van der Waals surface area contributed by atoms with Crippen molar-refractivity contribution >= 4 is 55.4 Å². The third-order valence-electron chi connectivity index (χ3n) is 10.9. The molecule has 5 nitrogen and oxygen atoms in total. The van der Waals surface area contributed by atoms with Gasteiger partial charge in [0.05, 0.1) is 11.0 Å². The number of rotatable bonds is 6. The average Bonchev–Trinajstić information content (AvgIpc) is 3.82. The van der Waals surface area contributed by atoms with Crippen LogP contribution in [0.3, 0.4) is 0 Å². The Kier molecular flexibility index (Phi) is 7.49. The molecule has 1 aliphatic heterocycles. The number of nitrogens with one attached hydrogen (secondary N) is 1. The van der Waals surface area contributed by atoms with Crippen molar-refractivity contribution in [2.75, 3.05) is 0 Å². The second-order valence-electron chi connectivity index (χ2n) is 14.2. The quantitative estimate of drug-likeness (QED) is 0.186. The number of fused-ring (bicyclic) bond motifs is 6. The molecule has 1 atom stereocenters. The zero-order chi connectivity index (χ0) is 37.0. The van der Waals surface area contributed by atoms with Crippen molar-refractivity contribution in [2.45, 2.75) is 6.17 Å². The van der Waals surface area contributed by atoms with Gasteiger partial charge in [-0.15, -0.1) is 0 Å². The number of hydrogen-bond acceptors (Lipinski definition) is 4. The van der Waals surface area contributed by atoms with E-state index >= 15 is 0 Å². The van der Waals surface area contributed by atoms with Gasteiger partial charge < -0.3 is 14.3 Å². The van der Waals surface area contributed by atoms with Gasteiger partial charge in [-0.3, -0.25) is 0 Å². The number of aromatic nitrogens is 1. The maximum atomic E-state index is 6.68. The van der Waals surface area contributed by atoms with Gasteiger partial charge in [0.15, 0.2) is 5.84 Å². The number of hydrogen-bond donors (Lipinski definition) is 1. The van der Waals surface area contributed by atoms with Crippen molar-refractivity contribution in [3.63, 3.8) is 0 Å². The Morgan fingerprint density at radius 1 is 0.464 bits per heavy atom. The highest BCUT2D eigenvalue weighted by Crippen LogP contribution is 2.40. The third kappa shape index (κ3) is 5.40. The molecule has 3 heterocycles. The highest BCUT2D eigenvalue weighted by atomic mass is 16.3. The minimum Gasteiger partial charge on any atom is -0.456 e. The fourth-order valence-corrected chi connectivity index (χ4v) is 8.21. The zero-order valence-electron chi connectivity index (χ0n) is 30.3. The molecule has 0 radical (unpaired) electrons. The number of aliphatic imine (C=N–C) groups is 2. The standard InChI is InChI=1S/C51H34N4O/c1-4-14-33(15-5-1)36-26-28-42-41-22-10-11-24-44(41)55(45(42)31-36)39-27-29-43-47(32-39)56-46-25-13-23-40(48(43)46)37-20-12-21-38(30-37)51-53-49(34-16-6-2-7-17-34)52-50(54-51)35-18-8-3-9-19-35/h1-32,51H,(H,52,53,54). The molecule has 56 heavy (non-hydrogen) atoms. The summed E-state index contributed by atoms with van der Waals surface area (Å²) in [6.45, 7) is 0. The number of amidine groups is 2. The monoisotopic (exact) mass is 718 g/mol. The van der Waals surface area contributed by atoms with Crippen LogP contribution in [0.15, 0.2) is 209 Å². The molecule has 10 aromatic rings. The summed E-state index contributed by atoms with van der Waals surface area (Å²) < 4.78 is 9.04. The van der Waals surface area contributed by atoms with Gasteiger partial charge >= 0.3 is 0 Å². The van der Waals surface area contributed by atoms with Crippen molar-refractivity contribution in [2.24, 2.45) is 9.98 Å². The van der Waals surface area contributed by atoms with Crippen molar-refractivity contribution < 1.29 is 4.42 Å². The predicted molar refractivity (Wildman–Crippen MR) is 231 cm³/mol. The SMILES string of the molecule is c1ccc(C2=NC(c3cccc(-c4cccc5oc6cc(-n7c8ccccc8c8ccc(-c9ccccc9)cc87)ccc6c45)c3)NC(c3ccccc3)=N2)cc1. The van der Waals surface area contributed by atoms with Gasteiger partial charge in [-0.25, -0.2) is 9.98 Å². The summed E-state index contributed by atoms with van der Waals surface area (Å²) in [4.78, 5) is 10.1. The molecular formula is C51H34N4O. The Hall–Kier alpha value is -7.50. The molecule has 0 amide bonds. The molecule has 8 aromatic carbocycles. The first-order valence-electron chi connectivity index (χ1n) is 18.9. The summed E-state index contributed by atoms with van der Waals surface area (Å²) in [7, 11) is 0. The molecule has 2 aromatic heterocycles. The summed E-state index contributed by atoms with van der Waals surface area (Å²) in [6, 6.07) is 68.0. The first-order valence-corrected chi connectivity index (χ1v) is 18.9. The molecule has 0 spiro atoms. The van der Waals surface area contributed by atoms with Gasteiger partial charge in [-0.05, 0) is 64.2 Å². The van der Waals surface area contributed by atoms with Crippen LogP contribution in [0, 0.1) is 0 Å². The second-order valence-corrected chi connectivity index (χ2v) is 14.2. The van der Waals surface area contributed by atoms with E-state index in [0.29, 0.717) is 5.84 Å². The number of benzene rings is 8. The highest BCUT2D eigenvalue weighted by molar-refractivity contribution is 6.15. The Morgan fingerprint density at radius 2 is 1.14 bits per heavy atom. The van der Waals surface area contributed by atoms with E-state index in [1.54, 1.807) is 0 Å². The summed E-state index contributed by atoms with van der Waals surface area (Å²) in [5.74, 6) is 1.50. The van der Waals surface area contributed by atoms with Gasteiger partial charge in [0, 0.05) is 44.4 Å². The van der Waals surface area contributed by atoms with Gasteiger partial charge in [-0.2, -0.15) is 0 Å². The van der Waals surface area contributed by atoms with Crippen LogP contribution in [0.25, 0.3) is 71.7 Å². The molecule has 0 saturated heterocycles. The first kappa shape index (κ1) is 32.0. The van der Waals surface area contributed by atoms with Crippen LogP contribution in [0.1, 0.15) is 22.9 Å². The Bertz CT molecular complexity index is 3160. The van der Waals surface area contributed by atoms with E-state index in [9.17, 15) is 0 Å². The molecular weight excluding hydrogens is 685 g/mol. The minimum absolute atomic E-state index is 0.325. The van der Waals surface area contributed by atoms with Crippen molar-refractivity contribution in [3.05, 3.63) is 211 Å². The lowest BCUT2D eigenvalue weighted by molar-refractivity contribution is 0.668. The average molecular weight is 719 g/mol. The summed E-state index contributed by atoms with van der Waals surface area (Å²) in [5.41, 5.74) is 12.7. The van der Waals surface area contributed by atoms with E-state index < -0.39 is 0 Å². The molecule has 0 bridgehead atoms. The Labute approximate surface area is 323 Å². The number of nitrogens with zero attached hydrogens (tertiary/aromatic N) is 3. The largest absolute Gasteiger partial charge is 0.456 e. The normalized spacial score (nSPS) is 14.2. The third-order valence-corrected chi connectivity index (χ3v) is 10.9. The van der Waals surface area contributed by atoms with Gasteiger partial charge in [-0.1, -0.05) is 152 Å². The number of para-hydroxylation sites is 1. The Balaban J connectivity index is 1.02. The fourth-order valence-electron chi connectivity index (χ4n) is 8.21. The van der Waals surface area contributed by atoms with Gasteiger partial charge in [0.25, 0.3) is 0 Å². The van der Waals surface area contributed by atoms with Crippen LogP contribution in [0.4, 0.5) is 0 Å². The summed E-state index contributed by atoms with van der Waals surface area (Å²) >= 11 is 0. The van der Waals surface area contributed by atoms with Gasteiger partial charge in [0.2, 0.25) is 0 Å². The zero-order valence-corrected chi connectivity index (χ0v) is 30.3. The molecule has 0 saturated carbocycles. The summed E-state index contributed by atoms with van der Waals surface area (Å²) in [5, 5.41) is 8.25. The van der Waals surface area contributed by atoms with E-state index in [1.165, 1.54) is 21.9 Å². The number of furan rings is 1. The van der Waals surface area contributed by atoms with Crippen LogP contribution in [-0.4, -0.2) is 16.2 Å². The van der Waals surface area contributed by atoms with E-state index in [4.69, 9.17) is 14.4 Å². The maximum Gasteiger partial charge on any atom is 0.159 e. The fraction of sp³-hybridized carbons (Fsp3) is 0.0196. The molecule has 5 heteroatoms. The lowest BCUT2D eigenvalue weighted by atomic mass is 9.97. The lowest BCUT2D eigenvalue weighted by Crippen LogP contribution is -2.33. The smallest absolute Gasteiger partial charge is 0.159 e. The first-order chi connectivity index (χ1) is 27.7. The molecule has 1 unspecified atom stereocenters. The van der Waals surface area contributed by atoms with Crippen molar-refractivity contribution in [1.82, 2.24) is 9.88 Å². The molecule has 264 valence electrons. The molecule has 0 fully saturated rings. The topological polar surface area (TPSA) is 54.8 Å². The van der Waals surface area contributed by atoms with Crippen molar-refractivity contribution in [3.8, 4) is 27.9 Å². The van der Waals surface area contributed by atoms with Crippen LogP contribution in [0.5, 0.6) is 0 Å². The van der Waals surface area contributed by atoms with E-state index in [2.05, 4.69) is 168 Å². The molecule has 1 aliphatic rings. The van der Waals surface area contributed by atoms with E-state index in [0.717, 1.165) is 72.3 Å². The van der Waals surface area contributed by atoms with E-state index in [1.807, 2.05) is 36.4 Å². The van der Waals surface area contributed by atoms with Crippen LogP contribution < -0.4 is 5.32 Å². The van der Waals surface area contributed by atoms with Crippen LogP contribution >= 0.6 is 0 Å². The van der Waals surface area contributed by atoms with E-state index in [-0.39, 0.29) is 6.17 Å². The maximum absolute atomic E-state index is 6.68. The van der Waals surface area contributed by atoms with Crippen molar-refractivity contribution in [1.29, 1.82) is 0 Å².